The van der Waals surface area contributed by atoms with Gasteiger partial charge in [-0.15, -0.1) is 0 Å². The smallest absolute Gasteiger partial charge is 0.235 e. The van der Waals surface area contributed by atoms with Gasteiger partial charge >= 0.3 is 0 Å². The van der Waals surface area contributed by atoms with Crippen molar-refractivity contribution in [2.75, 3.05) is 0 Å². The van der Waals surface area contributed by atoms with E-state index in [9.17, 15) is 0 Å². The maximum Gasteiger partial charge on any atom is 0.235 e. The average Bonchev–Trinajstić information content (AvgIpc) is 3.47. The van der Waals surface area contributed by atoms with Crippen LogP contribution in [0.1, 0.15) is 25.0 Å². The van der Waals surface area contributed by atoms with Gasteiger partial charge in [0.05, 0.1) is 22.1 Å². The molecule has 0 atom stereocenters. The van der Waals surface area contributed by atoms with Crippen molar-refractivity contribution < 1.29 is 0 Å². The van der Waals surface area contributed by atoms with E-state index < -0.39 is 0 Å². The van der Waals surface area contributed by atoms with E-state index in [-0.39, 0.29) is 5.41 Å². The van der Waals surface area contributed by atoms with Crippen molar-refractivity contribution in [3.05, 3.63) is 121 Å². The summed E-state index contributed by atoms with van der Waals surface area (Å²) in [5.41, 5.74) is 9.15. The van der Waals surface area contributed by atoms with Gasteiger partial charge < -0.3 is 0 Å². The molecule has 0 bridgehead atoms. The van der Waals surface area contributed by atoms with Crippen LogP contribution in [0, 0.1) is 0 Å². The SMILES string of the molecule is CC1(C)c2ccccc2-c2c1c1ncccc1c1c3ccccc3n(-c3ncc4c(ccc5ccccc54)n3)c21. The number of aromatic nitrogens is 4. The second-order valence-electron chi connectivity index (χ2n) is 11.3. The van der Waals surface area contributed by atoms with E-state index in [1.807, 2.05) is 18.5 Å². The Morgan fingerprint density at radius 3 is 2.38 bits per heavy atom. The molecule has 1 aliphatic carbocycles. The summed E-state index contributed by atoms with van der Waals surface area (Å²) in [7, 11) is 0. The predicted molar refractivity (Wildman–Crippen MR) is 164 cm³/mol. The third-order valence-electron chi connectivity index (χ3n) is 8.85. The molecular weight excluding hydrogens is 488 g/mol. The molecule has 3 aromatic heterocycles. The topological polar surface area (TPSA) is 43.6 Å². The highest BCUT2D eigenvalue weighted by atomic mass is 15.2. The second kappa shape index (κ2) is 7.51. The molecule has 4 heteroatoms. The number of nitrogens with zero attached hydrogens (tertiary/aromatic N) is 4. The molecule has 0 amide bonds. The molecule has 0 radical (unpaired) electrons. The largest absolute Gasteiger partial charge is 0.277 e. The summed E-state index contributed by atoms with van der Waals surface area (Å²) in [5.74, 6) is 0.682. The molecule has 4 nitrogen and oxygen atoms in total. The maximum atomic E-state index is 5.20. The molecule has 40 heavy (non-hydrogen) atoms. The molecule has 0 spiro atoms. The second-order valence-corrected chi connectivity index (χ2v) is 11.3. The van der Waals surface area contributed by atoms with Gasteiger partial charge in [-0.05, 0) is 45.7 Å². The number of hydrogen-bond acceptors (Lipinski definition) is 3. The summed E-state index contributed by atoms with van der Waals surface area (Å²) < 4.78 is 2.28. The predicted octanol–water partition coefficient (Wildman–Crippen LogP) is 8.73. The van der Waals surface area contributed by atoms with Crippen LogP contribution in [-0.2, 0) is 5.41 Å². The number of para-hydroxylation sites is 1. The summed E-state index contributed by atoms with van der Waals surface area (Å²) in [4.78, 5) is 15.2. The van der Waals surface area contributed by atoms with Crippen molar-refractivity contribution in [1.29, 1.82) is 0 Å². The Morgan fingerprint density at radius 2 is 1.45 bits per heavy atom. The van der Waals surface area contributed by atoms with E-state index in [4.69, 9.17) is 15.0 Å². The van der Waals surface area contributed by atoms with E-state index in [0.29, 0.717) is 5.95 Å². The molecule has 0 aliphatic heterocycles. The molecule has 9 rings (SSSR count). The summed E-state index contributed by atoms with van der Waals surface area (Å²) in [6.45, 7) is 4.64. The Labute approximate surface area is 230 Å². The van der Waals surface area contributed by atoms with Crippen molar-refractivity contribution in [3.63, 3.8) is 0 Å². The van der Waals surface area contributed by atoms with Crippen molar-refractivity contribution >= 4 is 54.4 Å². The highest BCUT2D eigenvalue weighted by Gasteiger charge is 2.40. The minimum atomic E-state index is -0.197. The lowest BCUT2D eigenvalue weighted by Crippen LogP contribution is -2.16. The monoisotopic (exact) mass is 512 g/mol. The highest BCUT2D eigenvalue weighted by Crippen LogP contribution is 2.55. The zero-order valence-electron chi connectivity index (χ0n) is 22.2. The van der Waals surface area contributed by atoms with Gasteiger partial charge in [-0.2, -0.15) is 0 Å². The van der Waals surface area contributed by atoms with Crippen LogP contribution in [0.4, 0.5) is 0 Å². The fourth-order valence-electron chi connectivity index (χ4n) is 7.14. The lowest BCUT2D eigenvalue weighted by atomic mass is 9.81. The Hall–Kier alpha value is -5.09. The van der Waals surface area contributed by atoms with E-state index >= 15 is 0 Å². The lowest BCUT2D eigenvalue weighted by Gasteiger charge is -2.23. The van der Waals surface area contributed by atoms with Crippen LogP contribution in [0.5, 0.6) is 0 Å². The first kappa shape index (κ1) is 21.8. The number of fused-ring (bicyclic) bond motifs is 13. The van der Waals surface area contributed by atoms with Crippen LogP contribution < -0.4 is 0 Å². The van der Waals surface area contributed by atoms with Crippen LogP contribution in [0.15, 0.2) is 109 Å². The van der Waals surface area contributed by atoms with Crippen molar-refractivity contribution in [2.24, 2.45) is 0 Å². The Kier molecular flexibility index (Phi) is 4.10. The van der Waals surface area contributed by atoms with Gasteiger partial charge in [-0.3, -0.25) is 9.55 Å². The molecule has 188 valence electrons. The van der Waals surface area contributed by atoms with Gasteiger partial charge in [-0.25, -0.2) is 9.97 Å². The van der Waals surface area contributed by atoms with Gasteiger partial charge in [-0.1, -0.05) is 92.7 Å². The molecule has 5 aromatic carbocycles. The Morgan fingerprint density at radius 1 is 0.675 bits per heavy atom. The van der Waals surface area contributed by atoms with Crippen LogP contribution in [0.3, 0.4) is 0 Å². The van der Waals surface area contributed by atoms with Crippen molar-refractivity contribution in [2.45, 2.75) is 19.3 Å². The summed E-state index contributed by atoms with van der Waals surface area (Å²) in [6, 6.07) is 34.4. The number of benzene rings is 5. The third kappa shape index (κ3) is 2.63. The van der Waals surface area contributed by atoms with E-state index in [1.54, 1.807) is 0 Å². The molecular formula is C36H24N4. The molecule has 8 aromatic rings. The first-order valence-electron chi connectivity index (χ1n) is 13.7. The maximum absolute atomic E-state index is 5.20. The van der Waals surface area contributed by atoms with Crippen LogP contribution in [0.25, 0.3) is 71.5 Å². The molecule has 0 fully saturated rings. The van der Waals surface area contributed by atoms with E-state index in [2.05, 4.69) is 109 Å². The van der Waals surface area contributed by atoms with Gasteiger partial charge in [0.1, 0.15) is 0 Å². The highest BCUT2D eigenvalue weighted by molar-refractivity contribution is 6.26. The zero-order valence-corrected chi connectivity index (χ0v) is 22.2. The standard InChI is InChI=1S/C36H24N4/c1-36(2)27-15-7-5-12-23(27)31-32(36)33-25(14-9-19-37-33)30-24-13-6-8-16-29(24)40(34(30)31)35-38-20-26-22-11-4-3-10-21(22)17-18-28(26)39-35/h3-20H,1-2H3. The van der Waals surface area contributed by atoms with Crippen molar-refractivity contribution in [3.8, 4) is 17.1 Å². The van der Waals surface area contributed by atoms with Gasteiger partial charge in [0.15, 0.2) is 0 Å². The molecule has 0 saturated heterocycles. The lowest BCUT2D eigenvalue weighted by molar-refractivity contribution is 0.665. The fraction of sp³-hybridized carbons (Fsp3) is 0.0833. The first-order valence-corrected chi connectivity index (χ1v) is 13.7. The van der Waals surface area contributed by atoms with E-state index in [0.717, 1.165) is 27.5 Å². The third-order valence-corrected chi connectivity index (χ3v) is 8.85. The van der Waals surface area contributed by atoms with Crippen LogP contribution >= 0.6 is 0 Å². The quantitative estimate of drug-likeness (QED) is 0.207. The minimum Gasteiger partial charge on any atom is -0.277 e. The number of pyridine rings is 1. The summed E-state index contributed by atoms with van der Waals surface area (Å²) in [5, 5.41) is 6.98. The van der Waals surface area contributed by atoms with Crippen LogP contribution in [-0.4, -0.2) is 19.5 Å². The van der Waals surface area contributed by atoms with E-state index in [1.165, 1.54) is 49.2 Å². The van der Waals surface area contributed by atoms with Gasteiger partial charge in [0.2, 0.25) is 5.95 Å². The number of rotatable bonds is 1. The summed E-state index contributed by atoms with van der Waals surface area (Å²) >= 11 is 0. The molecule has 0 saturated carbocycles. The zero-order chi connectivity index (χ0) is 26.6. The fourth-order valence-corrected chi connectivity index (χ4v) is 7.14. The van der Waals surface area contributed by atoms with Gasteiger partial charge in [0, 0.05) is 44.9 Å². The Balaban J connectivity index is 1.51. The van der Waals surface area contributed by atoms with Crippen LogP contribution in [0.2, 0.25) is 0 Å². The molecule has 1 aliphatic rings. The van der Waals surface area contributed by atoms with Crippen molar-refractivity contribution in [1.82, 2.24) is 19.5 Å². The summed E-state index contributed by atoms with van der Waals surface area (Å²) in [6.07, 6.45) is 3.91. The first-order chi connectivity index (χ1) is 19.6. The molecule has 0 unspecified atom stereocenters. The molecule has 3 heterocycles. The average molecular weight is 513 g/mol. The van der Waals surface area contributed by atoms with Gasteiger partial charge in [0.25, 0.3) is 0 Å². The Bertz CT molecular complexity index is 2360. The molecule has 0 N–H and O–H groups in total. The number of hydrogen-bond donors (Lipinski definition) is 0. The minimum absolute atomic E-state index is 0.197. The normalized spacial score (nSPS) is 13.9.